The van der Waals surface area contributed by atoms with Gasteiger partial charge in [0.15, 0.2) is 0 Å². The van der Waals surface area contributed by atoms with Gasteiger partial charge in [-0.15, -0.1) is 0 Å². The molecule has 0 radical (unpaired) electrons. The summed E-state index contributed by atoms with van der Waals surface area (Å²) in [4.78, 5) is 0. The zero-order chi connectivity index (χ0) is 42.8. The molecule has 63 heavy (non-hydrogen) atoms. The van der Waals surface area contributed by atoms with Crippen LogP contribution in [0.5, 0.6) is 0 Å². The number of hydrogen-bond acceptors (Lipinski definition) is 0. The summed E-state index contributed by atoms with van der Waals surface area (Å²) in [6, 6.07) is 73.1. The summed E-state index contributed by atoms with van der Waals surface area (Å²) in [5, 5.41) is 15.7. The summed E-state index contributed by atoms with van der Waals surface area (Å²) >= 11 is 0. The molecule has 11 aromatic carbocycles. The maximum absolute atomic E-state index is 2.47. The van der Waals surface area contributed by atoms with E-state index in [0.717, 1.165) is 0 Å². The van der Waals surface area contributed by atoms with Gasteiger partial charge >= 0.3 is 0 Å². The highest BCUT2D eigenvalue weighted by atomic mass is 14.6. The predicted molar refractivity (Wildman–Crippen MR) is 273 cm³/mol. The van der Waals surface area contributed by atoms with Crippen LogP contribution >= 0.6 is 0 Å². The van der Waals surface area contributed by atoms with Crippen molar-refractivity contribution in [2.75, 3.05) is 0 Å². The highest BCUT2D eigenvalue weighted by molar-refractivity contribution is 6.22. The lowest BCUT2D eigenvalue weighted by molar-refractivity contribution is 0.0977. The van der Waals surface area contributed by atoms with E-state index in [1.165, 1.54) is 120 Å². The van der Waals surface area contributed by atoms with Crippen molar-refractivity contribution < 1.29 is 0 Å². The second-order valence-electron chi connectivity index (χ2n) is 20.0. The smallest absolute Gasteiger partial charge is 0.0324 e. The lowest BCUT2D eigenvalue weighted by Crippen LogP contribution is -2.50. The molecule has 0 aliphatic heterocycles. The largest absolute Gasteiger partial charge is 0.0616 e. The fourth-order valence-corrected chi connectivity index (χ4v) is 12.6. The van der Waals surface area contributed by atoms with E-state index in [1.807, 2.05) is 0 Å². The van der Waals surface area contributed by atoms with Crippen molar-refractivity contribution in [2.45, 2.75) is 47.0 Å². The molecule has 0 unspecified atom stereocenters. The minimum Gasteiger partial charge on any atom is -0.0616 e. The van der Waals surface area contributed by atoms with Crippen molar-refractivity contribution in [1.82, 2.24) is 0 Å². The van der Waals surface area contributed by atoms with Crippen molar-refractivity contribution >= 4 is 64.6 Å². The summed E-state index contributed by atoms with van der Waals surface area (Å²) in [5.41, 5.74) is 12.8. The molecule has 0 heteroatoms. The molecule has 302 valence electrons. The minimum atomic E-state index is -0.271. The molecule has 0 aromatic heterocycles. The van der Waals surface area contributed by atoms with E-state index in [-0.39, 0.29) is 16.2 Å². The van der Waals surface area contributed by atoms with Gasteiger partial charge in [0.2, 0.25) is 0 Å². The fraction of sp³-hybridized carbons (Fsp3) is 0.143. The summed E-state index contributed by atoms with van der Waals surface area (Å²) in [6.07, 6.45) is 0. The monoisotopic (exact) mass is 806 g/mol. The number of rotatable bonds is 3. The number of fused-ring (bicyclic) bond motifs is 13. The van der Waals surface area contributed by atoms with Crippen LogP contribution in [0.1, 0.15) is 52.7 Å². The summed E-state index contributed by atoms with van der Waals surface area (Å²) < 4.78 is 0. The molecule has 0 amide bonds. The first-order chi connectivity index (χ1) is 30.5. The Hall–Kier alpha value is -7.02. The van der Waals surface area contributed by atoms with E-state index in [1.54, 1.807) is 0 Å². The Kier molecular flexibility index (Phi) is 8.08. The Morgan fingerprint density at radius 1 is 0.270 bits per heavy atom. The number of hydrogen-bond donors (Lipinski definition) is 0. The Balaban J connectivity index is 1.02. The van der Waals surface area contributed by atoms with Crippen LogP contribution in [-0.4, -0.2) is 0 Å². The SMILES string of the molecule is CC(C)(C)C1(C(C)(C)C)c2c(ccc3cc(-c4ccc(-c5c6ccccc6c(-c6ccc7ccccc7c6)c6ccccc56)cc4)ccc23)-c2c1c1ccccc1c1ccccc21. The predicted octanol–water partition coefficient (Wildman–Crippen LogP) is 18.0. The first-order valence-corrected chi connectivity index (χ1v) is 22.6. The first-order valence-electron chi connectivity index (χ1n) is 22.6. The molecule has 0 bridgehead atoms. The molecule has 0 atom stereocenters. The Morgan fingerprint density at radius 3 is 1.27 bits per heavy atom. The average Bonchev–Trinajstić information content (AvgIpc) is 3.65. The van der Waals surface area contributed by atoms with Crippen LogP contribution in [0.25, 0.3) is 109 Å². The van der Waals surface area contributed by atoms with Gasteiger partial charge in [0.25, 0.3) is 0 Å². The van der Waals surface area contributed by atoms with Crippen LogP contribution in [0.15, 0.2) is 194 Å². The highest BCUT2D eigenvalue weighted by Crippen LogP contribution is 2.68. The lowest BCUT2D eigenvalue weighted by atomic mass is 9.49. The van der Waals surface area contributed by atoms with Crippen molar-refractivity contribution in [3.8, 4) is 44.5 Å². The van der Waals surface area contributed by atoms with Crippen LogP contribution in [0, 0.1) is 10.8 Å². The zero-order valence-corrected chi connectivity index (χ0v) is 37.0. The van der Waals surface area contributed by atoms with Crippen LogP contribution < -0.4 is 0 Å². The molecule has 0 N–H and O–H groups in total. The average molecular weight is 807 g/mol. The molecule has 1 aliphatic carbocycles. The van der Waals surface area contributed by atoms with Crippen LogP contribution in [-0.2, 0) is 5.41 Å². The summed E-state index contributed by atoms with van der Waals surface area (Å²) in [6.45, 7) is 14.8. The Bertz CT molecular complexity index is 3610. The topological polar surface area (TPSA) is 0 Å². The van der Waals surface area contributed by atoms with Gasteiger partial charge in [-0.25, -0.2) is 0 Å². The summed E-state index contributed by atoms with van der Waals surface area (Å²) in [7, 11) is 0. The van der Waals surface area contributed by atoms with Gasteiger partial charge in [0.05, 0.1) is 0 Å². The molecule has 12 rings (SSSR count). The molecule has 0 nitrogen and oxygen atoms in total. The van der Waals surface area contributed by atoms with E-state index in [4.69, 9.17) is 0 Å². The second kappa shape index (κ2) is 13.5. The Labute approximate surface area is 370 Å². The van der Waals surface area contributed by atoms with E-state index in [0.29, 0.717) is 0 Å². The number of benzene rings is 11. The molecule has 0 saturated carbocycles. The fourth-order valence-electron chi connectivity index (χ4n) is 12.6. The van der Waals surface area contributed by atoms with Gasteiger partial charge < -0.3 is 0 Å². The molecule has 1 aliphatic rings. The van der Waals surface area contributed by atoms with Gasteiger partial charge in [-0.3, -0.25) is 0 Å². The maximum atomic E-state index is 2.47. The zero-order valence-electron chi connectivity index (χ0n) is 37.0. The molecule has 0 heterocycles. The van der Waals surface area contributed by atoms with E-state index < -0.39 is 0 Å². The molecule has 0 saturated heterocycles. The normalized spacial score (nSPS) is 13.7. The quantitative estimate of drug-likeness (QED) is 0.123. The van der Waals surface area contributed by atoms with Crippen molar-refractivity contribution in [2.24, 2.45) is 10.8 Å². The van der Waals surface area contributed by atoms with E-state index >= 15 is 0 Å². The standard InChI is InChI=1S/C63H50/c1-61(2,3)63(62(4,5)6)59-46-35-33-43(37-44(46)34-36-55(59)58-49-21-11-9-19-47(49)48-20-10-16-26-54(48)60(58)63)40-27-30-41(31-28-40)56-50-22-12-14-24-52(50)57(53-25-15-13-23-51(53)56)45-32-29-39-17-7-8-18-42(39)38-45/h7-38H,1-6H3. The molecule has 11 aromatic rings. The van der Waals surface area contributed by atoms with Crippen LogP contribution in [0.4, 0.5) is 0 Å². The maximum Gasteiger partial charge on any atom is 0.0324 e. The third kappa shape index (κ3) is 5.28. The van der Waals surface area contributed by atoms with Crippen molar-refractivity contribution in [3.63, 3.8) is 0 Å². The van der Waals surface area contributed by atoms with E-state index in [9.17, 15) is 0 Å². The van der Waals surface area contributed by atoms with Gasteiger partial charge in [-0.2, -0.15) is 0 Å². The van der Waals surface area contributed by atoms with Crippen molar-refractivity contribution in [1.29, 1.82) is 0 Å². The second-order valence-corrected chi connectivity index (χ2v) is 20.0. The van der Waals surface area contributed by atoms with Crippen molar-refractivity contribution in [3.05, 3.63) is 205 Å². The molecular weight excluding hydrogens is 757 g/mol. The first kappa shape index (κ1) is 37.7. The molecular formula is C63H50. The molecule has 0 spiro atoms. The van der Waals surface area contributed by atoms with Gasteiger partial charge in [-0.05, 0) is 143 Å². The van der Waals surface area contributed by atoms with Crippen LogP contribution in [0.3, 0.4) is 0 Å². The van der Waals surface area contributed by atoms with E-state index in [2.05, 4.69) is 236 Å². The third-order valence-corrected chi connectivity index (χ3v) is 14.7. The van der Waals surface area contributed by atoms with Crippen LogP contribution in [0.2, 0.25) is 0 Å². The van der Waals surface area contributed by atoms with Gasteiger partial charge in [0.1, 0.15) is 0 Å². The minimum absolute atomic E-state index is 0.0959. The van der Waals surface area contributed by atoms with Gasteiger partial charge in [0, 0.05) is 5.41 Å². The third-order valence-electron chi connectivity index (χ3n) is 14.7. The molecule has 0 fully saturated rings. The summed E-state index contributed by atoms with van der Waals surface area (Å²) in [5.74, 6) is 0. The van der Waals surface area contributed by atoms with Gasteiger partial charge in [-0.1, -0.05) is 224 Å². The highest BCUT2D eigenvalue weighted by Gasteiger charge is 2.59. The Morgan fingerprint density at radius 2 is 0.683 bits per heavy atom. The lowest BCUT2D eigenvalue weighted by Gasteiger charge is -2.54.